The molecule has 0 saturated carbocycles. The summed E-state index contributed by atoms with van der Waals surface area (Å²) in [7, 11) is 1.84. The summed E-state index contributed by atoms with van der Waals surface area (Å²) in [6.07, 6.45) is 5.56. The zero-order valence-electron chi connectivity index (χ0n) is 39.3. The minimum absolute atomic E-state index is 0.0705. The molecule has 0 spiro atoms. The van der Waals surface area contributed by atoms with Crippen LogP contribution in [0.1, 0.15) is 190 Å². The number of rotatable bonds is 10. The van der Waals surface area contributed by atoms with Gasteiger partial charge in [-0.1, -0.05) is 152 Å². The summed E-state index contributed by atoms with van der Waals surface area (Å²) < 4.78 is 27.2. The third-order valence-electron chi connectivity index (χ3n) is 11.5. The number of fused-ring (bicyclic) bond motifs is 8. The second-order valence-corrected chi connectivity index (χ2v) is 21.0. The molecular formula is C54H76O4. The molecule has 0 atom stereocenters. The Morgan fingerprint density at radius 1 is 0.345 bits per heavy atom. The fraction of sp³-hybridized carbons (Fsp3) is 0.556. The highest BCUT2D eigenvalue weighted by Crippen LogP contribution is 2.44. The van der Waals surface area contributed by atoms with E-state index in [0.717, 1.165) is 42.3 Å². The van der Waals surface area contributed by atoms with Crippen LogP contribution < -0.4 is 18.9 Å². The molecule has 0 heterocycles. The van der Waals surface area contributed by atoms with Crippen LogP contribution >= 0.6 is 0 Å². The molecule has 316 valence electrons. The first-order valence-corrected chi connectivity index (χ1v) is 22.2. The molecule has 0 amide bonds. The Morgan fingerprint density at radius 3 is 0.690 bits per heavy atom. The molecule has 4 heteroatoms. The lowest BCUT2D eigenvalue weighted by molar-refractivity contribution is 0.306. The van der Waals surface area contributed by atoms with Crippen molar-refractivity contribution in [2.45, 2.75) is 170 Å². The maximum absolute atomic E-state index is 6.92. The van der Waals surface area contributed by atoms with Crippen molar-refractivity contribution >= 4 is 0 Å². The fourth-order valence-electron chi connectivity index (χ4n) is 8.05. The van der Waals surface area contributed by atoms with Gasteiger partial charge in [-0.15, -0.1) is 0 Å². The Hall–Kier alpha value is -3.92. The highest BCUT2D eigenvalue weighted by Gasteiger charge is 2.29. The molecule has 0 unspecified atom stereocenters. The summed E-state index contributed by atoms with van der Waals surface area (Å²) in [5.41, 5.74) is 14.5. The molecule has 1 aliphatic rings. The third kappa shape index (κ3) is 10.4. The van der Waals surface area contributed by atoms with E-state index >= 15 is 0 Å². The molecule has 0 saturated heterocycles. The van der Waals surface area contributed by atoms with E-state index in [9.17, 15) is 0 Å². The van der Waals surface area contributed by atoms with Gasteiger partial charge in [0, 0.05) is 25.7 Å². The monoisotopic (exact) mass is 789 g/mol. The first-order chi connectivity index (χ1) is 27.1. The second kappa shape index (κ2) is 17.7. The van der Waals surface area contributed by atoms with Crippen molar-refractivity contribution in [2.24, 2.45) is 0 Å². The van der Waals surface area contributed by atoms with E-state index < -0.39 is 0 Å². The van der Waals surface area contributed by atoms with Gasteiger partial charge in [-0.2, -0.15) is 0 Å². The van der Waals surface area contributed by atoms with Crippen molar-refractivity contribution < 1.29 is 18.9 Å². The molecule has 4 nitrogen and oxygen atoms in total. The lowest BCUT2D eigenvalue weighted by Gasteiger charge is -2.29. The van der Waals surface area contributed by atoms with E-state index in [1.807, 2.05) is 7.11 Å². The Morgan fingerprint density at radius 2 is 0.534 bits per heavy atom. The minimum Gasteiger partial charge on any atom is -0.496 e. The third-order valence-corrected chi connectivity index (χ3v) is 11.5. The van der Waals surface area contributed by atoms with Gasteiger partial charge in [0.1, 0.15) is 23.0 Å². The van der Waals surface area contributed by atoms with Crippen LogP contribution in [0.2, 0.25) is 0 Å². The average Bonchev–Trinajstić information content (AvgIpc) is 3.11. The maximum Gasteiger partial charge on any atom is 0.126 e. The normalized spacial score (nSPS) is 13.7. The van der Waals surface area contributed by atoms with Crippen LogP contribution in [0, 0.1) is 0 Å². The Balaban J connectivity index is 2.00. The van der Waals surface area contributed by atoms with Gasteiger partial charge in [-0.25, -0.2) is 0 Å². The number of methoxy groups -OCH3 is 1. The van der Waals surface area contributed by atoms with Crippen molar-refractivity contribution in [3.63, 3.8) is 0 Å². The zero-order valence-corrected chi connectivity index (χ0v) is 39.3. The standard InChI is InChI=1S/C54H76O4/c1-17-20-56-48-37-23-35-27-43(51(4,5)6)28-36(47(35)55-16)24-38-30-45(53(10,11)12)32-40(49(38)57-21-18-2)26-42-34-46(54(13,14)15)33-41(50(42)58-22-19-3)25-39(48)31-44(29-37)52(7,8)9/h27-34H,17-26H2,1-16H3. The average molecular weight is 789 g/mol. The number of benzene rings is 4. The smallest absolute Gasteiger partial charge is 0.126 e. The van der Waals surface area contributed by atoms with Crippen molar-refractivity contribution in [2.75, 3.05) is 26.9 Å². The second-order valence-electron chi connectivity index (χ2n) is 21.0. The lowest BCUT2D eigenvalue weighted by Crippen LogP contribution is -2.17. The Bertz CT molecular complexity index is 1930. The van der Waals surface area contributed by atoms with E-state index in [1.165, 1.54) is 66.8 Å². The highest BCUT2D eigenvalue weighted by molar-refractivity contribution is 5.60. The Labute approximate surface area is 353 Å². The highest BCUT2D eigenvalue weighted by atomic mass is 16.5. The quantitative estimate of drug-likeness (QED) is 0.141. The molecule has 58 heavy (non-hydrogen) atoms. The van der Waals surface area contributed by atoms with Gasteiger partial charge in [0.25, 0.3) is 0 Å². The maximum atomic E-state index is 6.92. The molecule has 5 rings (SSSR count). The molecular weight excluding hydrogens is 713 g/mol. The van der Waals surface area contributed by atoms with Gasteiger partial charge in [-0.05, 0) is 108 Å². The summed E-state index contributed by atoms with van der Waals surface area (Å²) in [6, 6.07) is 19.2. The summed E-state index contributed by atoms with van der Waals surface area (Å²) in [5, 5.41) is 0. The topological polar surface area (TPSA) is 36.9 Å². The van der Waals surface area contributed by atoms with Crippen LogP contribution in [0.5, 0.6) is 23.0 Å². The molecule has 4 aromatic carbocycles. The summed E-state index contributed by atoms with van der Waals surface area (Å²) >= 11 is 0. The summed E-state index contributed by atoms with van der Waals surface area (Å²) in [4.78, 5) is 0. The van der Waals surface area contributed by atoms with E-state index in [1.54, 1.807) is 0 Å². The molecule has 0 aliphatic heterocycles. The fourth-order valence-corrected chi connectivity index (χ4v) is 8.05. The number of hydrogen-bond acceptors (Lipinski definition) is 4. The van der Waals surface area contributed by atoms with E-state index in [0.29, 0.717) is 45.5 Å². The van der Waals surface area contributed by atoms with Crippen LogP contribution in [-0.2, 0) is 47.3 Å². The van der Waals surface area contributed by atoms with Crippen LogP contribution in [0.3, 0.4) is 0 Å². The molecule has 4 aromatic rings. The van der Waals surface area contributed by atoms with Crippen molar-refractivity contribution in [3.8, 4) is 23.0 Å². The van der Waals surface area contributed by atoms with Gasteiger partial charge >= 0.3 is 0 Å². The van der Waals surface area contributed by atoms with Gasteiger partial charge in [0.05, 0.1) is 26.9 Å². The largest absolute Gasteiger partial charge is 0.496 e. The van der Waals surface area contributed by atoms with Crippen molar-refractivity contribution in [1.29, 1.82) is 0 Å². The first-order valence-electron chi connectivity index (χ1n) is 22.2. The zero-order chi connectivity index (χ0) is 42.8. The molecule has 0 aromatic heterocycles. The van der Waals surface area contributed by atoms with Crippen molar-refractivity contribution in [3.05, 3.63) is 115 Å². The van der Waals surface area contributed by atoms with Crippen LogP contribution in [-0.4, -0.2) is 26.9 Å². The summed E-state index contributed by atoms with van der Waals surface area (Å²) in [6.45, 7) is 36.4. The molecule has 0 fully saturated rings. The first kappa shape index (κ1) is 45.2. The predicted molar refractivity (Wildman–Crippen MR) is 246 cm³/mol. The molecule has 8 bridgehead atoms. The Kier molecular flexibility index (Phi) is 13.8. The van der Waals surface area contributed by atoms with Gasteiger partial charge in [-0.3, -0.25) is 0 Å². The SMILES string of the molecule is CCCOc1c2cc(C(C)(C)C)cc1Cc1cc(C(C)(C)C)cc(c1OCCC)Cc1cc(C(C)(C)C)cc(c1OCCC)Cc1cc(C(C)(C)C)cc(c1OC)C2. The number of ether oxygens (including phenoxy) is 4. The molecule has 0 N–H and O–H groups in total. The van der Waals surface area contributed by atoms with Crippen LogP contribution in [0.25, 0.3) is 0 Å². The van der Waals surface area contributed by atoms with E-state index in [4.69, 9.17) is 18.9 Å². The lowest BCUT2D eigenvalue weighted by atomic mass is 9.79. The molecule has 0 radical (unpaired) electrons. The van der Waals surface area contributed by atoms with E-state index in [2.05, 4.69) is 152 Å². The number of hydrogen-bond donors (Lipinski definition) is 0. The van der Waals surface area contributed by atoms with Gasteiger partial charge in [0.15, 0.2) is 0 Å². The van der Waals surface area contributed by atoms with Crippen molar-refractivity contribution in [1.82, 2.24) is 0 Å². The predicted octanol–water partition coefficient (Wildman–Crippen LogP) is 13.9. The van der Waals surface area contributed by atoms with Crippen LogP contribution in [0.15, 0.2) is 48.5 Å². The van der Waals surface area contributed by atoms with Crippen LogP contribution in [0.4, 0.5) is 0 Å². The molecule has 1 aliphatic carbocycles. The van der Waals surface area contributed by atoms with Gasteiger partial charge in [0.2, 0.25) is 0 Å². The summed E-state index contributed by atoms with van der Waals surface area (Å²) in [5.74, 6) is 3.93. The minimum atomic E-state index is -0.0718. The van der Waals surface area contributed by atoms with Gasteiger partial charge < -0.3 is 18.9 Å². The van der Waals surface area contributed by atoms with E-state index in [-0.39, 0.29) is 21.7 Å².